The lowest BCUT2D eigenvalue weighted by molar-refractivity contribution is 0.306. The van der Waals surface area contributed by atoms with E-state index in [1.165, 1.54) is 180 Å². The zero-order valence-corrected chi connectivity index (χ0v) is 34.8. The minimum Gasteiger partial charge on any atom is -0.492 e. The van der Waals surface area contributed by atoms with Crippen LogP contribution in [0.25, 0.3) is 21.5 Å². The molecular weight excluding hydrogens is 656 g/mol. The highest BCUT2D eigenvalue weighted by atomic mass is 35.5. The van der Waals surface area contributed by atoms with Gasteiger partial charge in [0.05, 0.1) is 13.2 Å². The maximum Gasteiger partial charge on any atom is 0.135 e. The quantitative estimate of drug-likeness (QED) is 0.0340. The summed E-state index contributed by atoms with van der Waals surface area (Å²) in [6, 6.07) is 15.2. The van der Waals surface area contributed by atoms with E-state index in [9.17, 15) is 0 Å². The Hall–Kier alpha value is -1.93. The van der Waals surface area contributed by atoms with Gasteiger partial charge in [0.25, 0.3) is 0 Å². The first-order chi connectivity index (χ1) is 25.8. The Kier molecular flexibility index (Phi) is 26.0. The van der Waals surface area contributed by atoms with E-state index in [4.69, 9.17) is 21.1 Å². The summed E-state index contributed by atoms with van der Waals surface area (Å²) in [5.74, 6) is 2.48. The van der Waals surface area contributed by atoms with Crippen LogP contribution in [0.4, 0.5) is 0 Å². The van der Waals surface area contributed by atoms with Crippen LogP contribution in [0.2, 0.25) is 0 Å². The van der Waals surface area contributed by atoms with Crippen molar-refractivity contribution < 1.29 is 9.47 Å². The first-order valence-electron chi connectivity index (χ1n) is 22.6. The highest BCUT2D eigenvalue weighted by Gasteiger charge is 2.17. The number of halogens is 1. The second-order valence-corrected chi connectivity index (χ2v) is 16.1. The lowest BCUT2D eigenvalue weighted by Gasteiger charge is -2.18. The molecule has 52 heavy (non-hydrogen) atoms. The van der Waals surface area contributed by atoms with E-state index in [-0.39, 0.29) is 0 Å². The molecule has 0 saturated carbocycles. The summed E-state index contributed by atoms with van der Waals surface area (Å²) in [7, 11) is 0. The molecular formula is C49H79ClO2. The number of hydrogen-bond donors (Lipinski definition) is 0. The molecule has 0 atom stereocenters. The van der Waals surface area contributed by atoms with Gasteiger partial charge in [-0.15, -0.1) is 11.6 Å². The van der Waals surface area contributed by atoms with Crippen molar-refractivity contribution >= 4 is 33.1 Å². The van der Waals surface area contributed by atoms with Crippen LogP contribution in [0.5, 0.6) is 11.5 Å². The maximum absolute atomic E-state index is 6.64. The average molecular weight is 736 g/mol. The molecule has 3 rings (SSSR count). The standard InChI is InChI=1S/C49H79ClO2/c1-3-5-7-9-11-13-15-17-19-21-23-25-27-29-33-39-51-48-44-35-31-32-36-45(44)49(47-41-43(42-50)37-38-46(47)48)52-40-34-30-28-26-24-22-20-18-16-14-12-10-8-6-4-2/h31-32,35-38,41H,3-30,33-34,39-40,42H2,1-2H3. The number of alkyl halides is 1. The van der Waals surface area contributed by atoms with Gasteiger partial charge in [0.15, 0.2) is 0 Å². The molecule has 0 saturated heterocycles. The van der Waals surface area contributed by atoms with E-state index in [2.05, 4.69) is 56.3 Å². The number of benzene rings is 3. The average Bonchev–Trinajstić information content (AvgIpc) is 3.17. The molecule has 294 valence electrons. The molecule has 0 fully saturated rings. The molecule has 0 heterocycles. The molecule has 0 aromatic heterocycles. The van der Waals surface area contributed by atoms with Crippen molar-refractivity contribution in [3.63, 3.8) is 0 Å². The van der Waals surface area contributed by atoms with E-state index in [1.807, 2.05) is 0 Å². The van der Waals surface area contributed by atoms with Crippen LogP contribution in [-0.2, 0) is 5.88 Å². The zero-order valence-electron chi connectivity index (χ0n) is 34.1. The van der Waals surface area contributed by atoms with Gasteiger partial charge in [-0.05, 0) is 24.5 Å². The number of hydrogen-bond acceptors (Lipinski definition) is 2. The SMILES string of the molecule is CCCCCCCCCCCCCCCCCOc1c2ccccc2c(OCCCCCCCCCCCCCCCCC)c2cc(CCl)ccc12. The number of ether oxygens (including phenoxy) is 2. The third kappa shape index (κ3) is 18.4. The number of rotatable bonds is 35. The summed E-state index contributed by atoms with van der Waals surface area (Å²) >= 11 is 6.33. The molecule has 0 aliphatic carbocycles. The van der Waals surface area contributed by atoms with Gasteiger partial charge in [-0.3, -0.25) is 0 Å². The second-order valence-electron chi connectivity index (χ2n) is 15.8. The fraction of sp³-hybridized carbons (Fsp3) is 0.714. The lowest BCUT2D eigenvalue weighted by atomic mass is 9.99. The van der Waals surface area contributed by atoms with Crippen molar-refractivity contribution in [2.75, 3.05) is 13.2 Å². The molecule has 0 aliphatic rings. The van der Waals surface area contributed by atoms with Gasteiger partial charge in [0, 0.05) is 27.4 Å². The third-order valence-corrected chi connectivity index (χ3v) is 11.4. The highest BCUT2D eigenvalue weighted by molar-refractivity contribution is 6.17. The Morgan fingerprint density at radius 1 is 0.365 bits per heavy atom. The normalized spacial score (nSPS) is 11.6. The number of fused-ring (bicyclic) bond motifs is 2. The largest absolute Gasteiger partial charge is 0.492 e. The number of unbranched alkanes of at least 4 members (excludes halogenated alkanes) is 28. The van der Waals surface area contributed by atoms with Crippen LogP contribution < -0.4 is 9.47 Å². The summed E-state index contributed by atoms with van der Waals surface area (Å²) in [5, 5.41) is 4.57. The molecule has 2 nitrogen and oxygen atoms in total. The third-order valence-electron chi connectivity index (χ3n) is 11.1. The fourth-order valence-electron chi connectivity index (χ4n) is 7.84. The summed E-state index contributed by atoms with van der Waals surface area (Å²) in [6.07, 6.45) is 41.2. The van der Waals surface area contributed by atoms with Crippen molar-refractivity contribution in [1.29, 1.82) is 0 Å². The van der Waals surface area contributed by atoms with Crippen LogP contribution in [0, 0.1) is 0 Å². The van der Waals surface area contributed by atoms with Gasteiger partial charge in [-0.2, -0.15) is 0 Å². The Morgan fingerprint density at radius 3 is 1.02 bits per heavy atom. The van der Waals surface area contributed by atoms with Crippen molar-refractivity contribution in [3.8, 4) is 11.5 Å². The summed E-state index contributed by atoms with van der Waals surface area (Å²) in [6.45, 7) is 6.11. The molecule has 0 aliphatic heterocycles. The first kappa shape index (κ1) is 44.5. The van der Waals surface area contributed by atoms with Gasteiger partial charge >= 0.3 is 0 Å². The van der Waals surface area contributed by atoms with E-state index in [1.54, 1.807) is 0 Å². The molecule has 0 unspecified atom stereocenters. The van der Waals surface area contributed by atoms with Gasteiger partial charge in [-0.25, -0.2) is 0 Å². The fourth-order valence-corrected chi connectivity index (χ4v) is 8.00. The van der Waals surface area contributed by atoms with Crippen LogP contribution in [-0.4, -0.2) is 13.2 Å². The van der Waals surface area contributed by atoms with Gasteiger partial charge < -0.3 is 9.47 Å². The molecule has 0 spiro atoms. The van der Waals surface area contributed by atoms with Crippen molar-refractivity contribution in [2.24, 2.45) is 0 Å². The van der Waals surface area contributed by atoms with E-state index < -0.39 is 0 Å². The van der Waals surface area contributed by atoms with Crippen LogP contribution >= 0.6 is 11.6 Å². The molecule has 3 aromatic rings. The molecule has 0 N–H and O–H groups in total. The Balaban J connectivity index is 1.36. The Labute approximate surface area is 326 Å². The smallest absolute Gasteiger partial charge is 0.135 e. The summed E-state index contributed by atoms with van der Waals surface area (Å²) in [5.41, 5.74) is 1.12. The molecule has 0 amide bonds. The minimum absolute atomic E-state index is 0.497. The monoisotopic (exact) mass is 735 g/mol. The van der Waals surface area contributed by atoms with Gasteiger partial charge in [0.1, 0.15) is 11.5 Å². The van der Waals surface area contributed by atoms with Gasteiger partial charge in [0.2, 0.25) is 0 Å². The van der Waals surface area contributed by atoms with Gasteiger partial charge in [-0.1, -0.05) is 230 Å². The lowest BCUT2D eigenvalue weighted by Crippen LogP contribution is -2.02. The highest BCUT2D eigenvalue weighted by Crippen LogP contribution is 2.43. The Morgan fingerprint density at radius 2 is 0.673 bits per heavy atom. The molecule has 3 heteroatoms. The minimum atomic E-state index is 0.497. The predicted octanol–water partition coefficient (Wildman–Crippen LogP) is 17.2. The Bertz CT molecular complexity index is 1290. The molecule has 0 bridgehead atoms. The van der Waals surface area contributed by atoms with Crippen molar-refractivity contribution in [3.05, 3.63) is 48.0 Å². The summed E-state index contributed by atoms with van der Waals surface area (Å²) < 4.78 is 13.3. The van der Waals surface area contributed by atoms with E-state index in [0.717, 1.165) is 64.7 Å². The van der Waals surface area contributed by atoms with Crippen LogP contribution in [0.15, 0.2) is 42.5 Å². The summed E-state index contributed by atoms with van der Waals surface area (Å²) in [4.78, 5) is 0. The second kappa shape index (κ2) is 30.4. The first-order valence-corrected chi connectivity index (χ1v) is 23.1. The zero-order chi connectivity index (χ0) is 36.7. The van der Waals surface area contributed by atoms with Crippen molar-refractivity contribution in [1.82, 2.24) is 0 Å². The van der Waals surface area contributed by atoms with Crippen molar-refractivity contribution in [2.45, 2.75) is 212 Å². The van der Waals surface area contributed by atoms with Crippen LogP contribution in [0.1, 0.15) is 212 Å². The maximum atomic E-state index is 6.64. The predicted molar refractivity (Wildman–Crippen MR) is 232 cm³/mol. The molecule has 3 aromatic carbocycles. The molecule has 0 radical (unpaired) electrons. The van der Waals surface area contributed by atoms with E-state index in [0.29, 0.717) is 5.88 Å². The van der Waals surface area contributed by atoms with E-state index >= 15 is 0 Å². The van der Waals surface area contributed by atoms with Crippen LogP contribution in [0.3, 0.4) is 0 Å². The topological polar surface area (TPSA) is 18.5 Å².